The fourth-order valence-electron chi connectivity index (χ4n) is 2.31. The molecule has 1 aliphatic heterocycles. The van der Waals surface area contributed by atoms with Crippen LogP contribution in [-0.4, -0.2) is 36.0 Å². The molecule has 2 heterocycles. The highest BCUT2D eigenvalue weighted by Gasteiger charge is 2.43. The maximum atomic E-state index is 13.5. The minimum atomic E-state index is -4.73. The van der Waals surface area contributed by atoms with Crippen LogP contribution in [0.3, 0.4) is 0 Å². The predicted molar refractivity (Wildman–Crippen MR) is 71.9 cm³/mol. The normalized spacial score (nSPS) is 17.0. The van der Waals surface area contributed by atoms with Gasteiger partial charge in [-0.15, -0.1) is 0 Å². The molecule has 24 heavy (non-hydrogen) atoms. The minimum absolute atomic E-state index is 0.0157. The number of hydrogen-bond acceptors (Lipinski definition) is 5. The van der Waals surface area contributed by atoms with Crippen molar-refractivity contribution in [1.82, 2.24) is 14.4 Å². The Morgan fingerprint density at radius 3 is 2.54 bits per heavy atom. The number of nitrogens with zero attached hydrogens (tertiary/aromatic N) is 3. The third-order valence-corrected chi connectivity index (χ3v) is 5.70. The molecule has 0 spiro atoms. The molecule has 1 aromatic carbocycles. The van der Waals surface area contributed by atoms with E-state index < -0.39 is 33.8 Å². The molecule has 130 valence electrons. The Balaban J connectivity index is 1.76. The van der Waals surface area contributed by atoms with Crippen LogP contribution in [0.5, 0.6) is 0 Å². The molecule has 0 radical (unpaired) electrons. The van der Waals surface area contributed by atoms with Crippen molar-refractivity contribution in [3.63, 3.8) is 0 Å². The molecule has 0 bridgehead atoms. The first-order valence-electron chi connectivity index (χ1n) is 6.77. The molecule has 11 heteroatoms. The largest absolute Gasteiger partial charge is 0.455 e. The predicted octanol–water partition coefficient (Wildman–Crippen LogP) is 2.32. The molecule has 1 aromatic heterocycles. The topological polar surface area (TPSA) is 76.3 Å². The van der Waals surface area contributed by atoms with Crippen molar-refractivity contribution in [3.05, 3.63) is 41.3 Å². The summed E-state index contributed by atoms with van der Waals surface area (Å²) >= 11 is 0. The number of benzene rings is 1. The Kier molecular flexibility index (Phi) is 3.87. The molecule has 3 rings (SSSR count). The average Bonchev–Trinajstić information content (AvgIpc) is 2.89. The minimum Gasteiger partial charge on any atom is -0.339 e. The number of hydrogen-bond donors (Lipinski definition) is 0. The summed E-state index contributed by atoms with van der Waals surface area (Å²) in [7, 11) is -3.94. The number of aromatic nitrogens is 2. The van der Waals surface area contributed by atoms with Crippen molar-refractivity contribution in [1.29, 1.82) is 0 Å². The second-order valence-corrected chi connectivity index (χ2v) is 7.24. The molecule has 1 aliphatic rings. The van der Waals surface area contributed by atoms with Gasteiger partial charge in [-0.3, -0.25) is 0 Å². The lowest BCUT2D eigenvalue weighted by Gasteiger charge is -2.36. The van der Waals surface area contributed by atoms with E-state index in [9.17, 15) is 26.0 Å². The molecule has 2 aromatic rings. The third-order valence-electron chi connectivity index (χ3n) is 3.73. The van der Waals surface area contributed by atoms with Gasteiger partial charge in [0.1, 0.15) is 5.82 Å². The number of halogens is 4. The first kappa shape index (κ1) is 16.8. The van der Waals surface area contributed by atoms with Gasteiger partial charge in [0.05, 0.1) is 10.8 Å². The number of rotatable bonds is 3. The van der Waals surface area contributed by atoms with Crippen molar-refractivity contribution in [3.8, 4) is 0 Å². The van der Waals surface area contributed by atoms with E-state index in [0.717, 1.165) is 10.4 Å². The molecule has 6 nitrogen and oxygen atoms in total. The molecular weight excluding hydrogens is 354 g/mol. The van der Waals surface area contributed by atoms with Gasteiger partial charge in [0.15, 0.2) is 0 Å². The lowest BCUT2D eigenvalue weighted by molar-refractivity contribution is -0.146. The molecule has 0 aliphatic carbocycles. The zero-order valence-corrected chi connectivity index (χ0v) is 13.0. The first-order valence-corrected chi connectivity index (χ1v) is 8.21. The highest BCUT2D eigenvalue weighted by molar-refractivity contribution is 7.89. The zero-order chi connectivity index (χ0) is 17.7. The van der Waals surface area contributed by atoms with Crippen molar-refractivity contribution in [2.75, 3.05) is 13.1 Å². The molecule has 1 saturated heterocycles. The van der Waals surface area contributed by atoms with E-state index in [0.29, 0.717) is 0 Å². The molecular formula is C13H11F4N3O3S. The van der Waals surface area contributed by atoms with Crippen molar-refractivity contribution >= 4 is 10.0 Å². The summed E-state index contributed by atoms with van der Waals surface area (Å²) < 4.78 is 81.3. The summed E-state index contributed by atoms with van der Waals surface area (Å²) in [5.41, 5.74) is -0.0157. The molecule has 0 unspecified atom stereocenters. The molecule has 0 amide bonds. The lowest BCUT2D eigenvalue weighted by atomic mass is 10.0. The zero-order valence-electron chi connectivity index (χ0n) is 12.2. The summed E-state index contributed by atoms with van der Waals surface area (Å²) in [6.45, 7) is 1.11. The van der Waals surface area contributed by atoms with Gasteiger partial charge in [-0.25, -0.2) is 12.8 Å². The van der Waals surface area contributed by atoms with E-state index in [2.05, 4.69) is 14.7 Å². The number of alkyl halides is 3. The van der Waals surface area contributed by atoms with E-state index in [-0.39, 0.29) is 29.4 Å². The van der Waals surface area contributed by atoms with Gasteiger partial charge < -0.3 is 4.52 Å². The molecule has 1 fully saturated rings. The smallest absolute Gasteiger partial charge is 0.339 e. The van der Waals surface area contributed by atoms with Crippen LogP contribution in [0.2, 0.25) is 0 Å². The monoisotopic (exact) mass is 365 g/mol. The van der Waals surface area contributed by atoms with Crippen molar-refractivity contribution in [2.24, 2.45) is 0 Å². The van der Waals surface area contributed by atoms with Gasteiger partial charge in [-0.05, 0) is 19.1 Å². The van der Waals surface area contributed by atoms with E-state index in [1.54, 1.807) is 0 Å². The second kappa shape index (κ2) is 5.52. The quantitative estimate of drug-likeness (QED) is 0.781. The van der Waals surface area contributed by atoms with Crippen LogP contribution in [0, 0.1) is 12.7 Å². The third kappa shape index (κ3) is 2.77. The van der Waals surface area contributed by atoms with E-state index in [1.165, 1.54) is 19.1 Å². The summed E-state index contributed by atoms with van der Waals surface area (Å²) in [5, 5.41) is 2.83. The van der Waals surface area contributed by atoms with Gasteiger partial charge in [0.2, 0.25) is 15.9 Å². The lowest BCUT2D eigenvalue weighted by Crippen LogP contribution is -2.48. The summed E-state index contributed by atoms with van der Waals surface area (Å²) in [6.07, 6.45) is -4.73. The Hall–Kier alpha value is -2.01. The molecule has 0 N–H and O–H groups in total. The van der Waals surface area contributed by atoms with Gasteiger partial charge in [-0.2, -0.15) is 22.5 Å². The van der Waals surface area contributed by atoms with E-state index in [4.69, 9.17) is 0 Å². The summed E-state index contributed by atoms with van der Waals surface area (Å²) in [4.78, 5) is 3.06. The molecule has 0 saturated carbocycles. The van der Waals surface area contributed by atoms with E-state index >= 15 is 0 Å². The van der Waals surface area contributed by atoms with Gasteiger partial charge in [-0.1, -0.05) is 11.2 Å². The van der Waals surface area contributed by atoms with Gasteiger partial charge >= 0.3 is 6.18 Å². The Bertz CT molecular complexity index is 873. The number of sulfonamides is 1. The summed E-state index contributed by atoms with van der Waals surface area (Å²) in [5.74, 6) is -2.96. The van der Waals surface area contributed by atoms with Crippen LogP contribution < -0.4 is 0 Å². The maximum Gasteiger partial charge on any atom is 0.455 e. The Morgan fingerprint density at radius 1 is 1.29 bits per heavy atom. The van der Waals surface area contributed by atoms with Crippen LogP contribution in [0.25, 0.3) is 0 Å². The highest BCUT2D eigenvalue weighted by atomic mass is 32.2. The maximum absolute atomic E-state index is 13.5. The van der Waals surface area contributed by atoms with Crippen LogP contribution in [-0.2, 0) is 16.2 Å². The van der Waals surface area contributed by atoms with Crippen LogP contribution in [0.1, 0.15) is 23.2 Å². The fourth-order valence-corrected chi connectivity index (χ4v) is 4.08. The molecule has 0 atom stereocenters. The van der Waals surface area contributed by atoms with E-state index in [1.807, 2.05) is 0 Å². The summed E-state index contributed by atoms with van der Waals surface area (Å²) in [6, 6.07) is 3.69. The van der Waals surface area contributed by atoms with Crippen molar-refractivity contribution in [2.45, 2.75) is 23.9 Å². The Morgan fingerprint density at radius 2 is 1.96 bits per heavy atom. The fraction of sp³-hybridized carbons (Fsp3) is 0.385. The van der Waals surface area contributed by atoms with Crippen LogP contribution >= 0.6 is 0 Å². The van der Waals surface area contributed by atoms with Gasteiger partial charge in [0, 0.05) is 18.7 Å². The average molecular weight is 365 g/mol. The highest BCUT2D eigenvalue weighted by Crippen LogP contribution is 2.34. The van der Waals surface area contributed by atoms with Crippen molar-refractivity contribution < 1.29 is 30.5 Å². The van der Waals surface area contributed by atoms with Crippen LogP contribution in [0.4, 0.5) is 17.6 Å². The Labute approximate surface area is 134 Å². The van der Waals surface area contributed by atoms with Gasteiger partial charge in [0.25, 0.3) is 5.82 Å². The first-order chi connectivity index (χ1) is 11.1. The second-order valence-electron chi connectivity index (χ2n) is 5.34. The SMILES string of the molecule is Cc1c(F)cccc1S(=O)(=O)N1CC(c2nc(C(F)(F)F)no2)C1. The van der Waals surface area contributed by atoms with Crippen LogP contribution in [0.15, 0.2) is 27.6 Å². The standard InChI is InChI=1S/C13H11F4N3O3S/c1-7-9(14)3-2-4-10(7)24(21,22)20-5-8(6-20)11-18-12(19-23-11)13(15,16)17/h2-4,8H,5-6H2,1H3.